The molecule has 4 aliphatic carbocycles. The smallest absolute Gasteiger partial charge is 0.0540 e. The fourth-order valence-electron chi connectivity index (χ4n) is 11.5. The summed E-state index contributed by atoms with van der Waals surface area (Å²) in [5, 5.41) is 5.16. The summed E-state index contributed by atoms with van der Waals surface area (Å²) in [7, 11) is 0. The van der Waals surface area contributed by atoms with Crippen LogP contribution in [0.2, 0.25) is 0 Å². The van der Waals surface area contributed by atoms with Crippen LogP contribution in [0.3, 0.4) is 0 Å². The van der Waals surface area contributed by atoms with E-state index in [9.17, 15) is 0 Å². The number of hydrogen-bond acceptors (Lipinski definition) is 1. The Kier molecular flexibility index (Phi) is 9.14. The van der Waals surface area contributed by atoms with E-state index in [1.54, 1.807) is 16.7 Å². The van der Waals surface area contributed by atoms with Gasteiger partial charge in [-0.05, 0) is 168 Å². The van der Waals surface area contributed by atoms with Crippen molar-refractivity contribution in [3.05, 3.63) is 197 Å². The van der Waals surface area contributed by atoms with Crippen LogP contribution in [0.1, 0.15) is 87.5 Å². The van der Waals surface area contributed by atoms with Crippen LogP contribution < -0.4 is 4.90 Å². The summed E-state index contributed by atoms with van der Waals surface area (Å²) in [6, 6.07) is 47.7. The monoisotopic (exact) mass is 778 g/mol. The molecule has 0 amide bonds. The molecule has 11 rings (SSSR count). The molecular formula is C58H54N2. The topological polar surface area (TPSA) is 8.17 Å². The minimum atomic E-state index is 0.112. The Bertz CT molecular complexity index is 2980. The Balaban J connectivity index is 0.996. The second kappa shape index (κ2) is 14.9. The number of hydrogen-bond donors (Lipinski definition) is 0. The third kappa shape index (κ3) is 6.14. The molecule has 0 fully saturated rings. The van der Waals surface area contributed by atoms with Crippen molar-refractivity contribution >= 4 is 61.3 Å². The molecule has 296 valence electrons. The molecule has 0 spiro atoms. The van der Waals surface area contributed by atoms with Crippen molar-refractivity contribution in [2.45, 2.75) is 78.2 Å². The standard InChI is InChI=1S/C58H54N2/c1-4-59-54-31-24-40(36-51(54)52-38-46(28-32-55(52)59)60(45-18-7-5-8-19-45)56-22-14-16-41-15-9-10-20-49(41)56)23-30-53(58(3)33-11-6-12-34-58)48-29-27-43-35-39(2)47-21-13-17-42-25-26-44(48)37-50(43)57(42)47/h5,7-11,13-22,24-29,31-33,36,38-39,53H,4,6,12,23,30,34-35,37H2,1-3H3/t39?,53-,58?/m1/s1. The van der Waals surface area contributed by atoms with Gasteiger partial charge in [-0.2, -0.15) is 0 Å². The fraction of sp³-hybridized carbons (Fsp3) is 0.241. The lowest BCUT2D eigenvalue weighted by Gasteiger charge is -2.39. The lowest BCUT2D eigenvalue weighted by molar-refractivity contribution is 0.246. The number of benzene rings is 6. The zero-order chi connectivity index (χ0) is 40.4. The first kappa shape index (κ1) is 36.9. The van der Waals surface area contributed by atoms with E-state index in [0.29, 0.717) is 11.8 Å². The van der Waals surface area contributed by atoms with E-state index < -0.39 is 0 Å². The maximum Gasteiger partial charge on any atom is 0.0540 e. The van der Waals surface area contributed by atoms with Crippen LogP contribution in [-0.4, -0.2) is 4.57 Å². The molecule has 4 aliphatic rings. The number of allylic oxidation sites excluding steroid dienone is 9. The van der Waals surface area contributed by atoms with Gasteiger partial charge in [0.2, 0.25) is 0 Å². The van der Waals surface area contributed by atoms with Crippen molar-refractivity contribution in [3.63, 3.8) is 0 Å². The van der Waals surface area contributed by atoms with Crippen LogP contribution in [-0.2, 0) is 13.0 Å². The Labute approximate surface area is 355 Å². The highest BCUT2D eigenvalue weighted by Crippen LogP contribution is 2.51. The van der Waals surface area contributed by atoms with Crippen molar-refractivity contribution in [3.8, 4) is 0 Å². The van der Waals surface area contributed by atoms with Crippen molar-refractivity contribution in [1.29, 1.82) is 0 Å². The van der Waals surface area contributed by atoms with E-state index in [4.69, 9.17) is 0 Å². The number of para-hydroxylation sites is 1. The highest BCUT2D eigenvalue weighted by Gasteiger charge is 2.37. The maximum atomic E-state index is 2.59. The first-order valence-corrected chi connectivity index (χ1v) is 22.5. The van der Waals surface area contributed by atoms with Crippen molar-refractivity contribution in [2.75, 3.05) is 4.90 Å². The molecule has 2 heteroatoms. The van der Waals surface area contributed by atoms with E-state index >= 15 is 0 Å². The Morgan fingerprint density at radius 3 is 2.37 bits per heavy atom. The third-order valence-corrected chi connectivity index (χ3v) is 14.5. The van der Waals surface area contributed by atoms with Gasteiger partial charge in [0, 0.05) is 45.1 Å². The van der Waals surface area contributed by atoms with Crippen LogP contribution in [0.15, 0.2) is 174 Å². The molecule has 3 atom stereocenters. The van der Waals surface area contributed by atoms with Gasteiger partial charge in [-0.1, -0.05) is 129 Å². The second-order valence-electron chi connectivity index (χ2n) is 18.1. The van der Waals surface area contributed by atoms with Gasteiger partial charge in [0.15, 0.2) is 0 Å². The first-order valence-electron chi connectivity index (χ1n) is 22.5. The van der Waals surface area contributed by atoms with Gasteiger partial charge in [0.1, 0.15) is 0 Å². The average Bonchev–Trinajstić information content (AvgIpc) is 3.36. The van der Waals surface area contributed by atoms with Gasteiger partial charge in [-0.15, -0.1) is 0 Å². The number of rotatable bonds is 9. The molecule has 2 nitrogen and oxygen atoms in total. The van der Waals surface area contributed by atoms with Crippen LogP contribution in [0.5, 0.6) is 0 Å². The number of aromatic nitrogens is 1. The zero-order valence-electron chi connectivity index (χ0n) is 35.3. The van der Waals surface area contributed by atoms with E-state index in [1.807, 2.05) is 0 Å². The Hall–Kier alpha value is -6.12. The minimum Gasteiger partial charge on any atom is -0.341 e. The normalized spacial score (nSPS) is 19.9. The highest BCUT2D eigenvalue weighted by molar-refractivity contribution is 6.10. The van der Waals surface area contributed by atoms with Crippen LogP contribution >= 0.6 is 0 Å². The van der Waals surface area contributed by atoms with Gasteiger partial charge in [0.25, 0.3) is 0 Å². The van der Waals surface area contributed by atoms with E-state index in [1.165, 1.54) is 91.0 Å². The van der Waals surface area contributed by atoms with Crippen molar-refractivity contribution in [1.82, 2.24) is 4.57 Å². The summed E-state index contributed by atoms with van der Waals surface area (Å²) >= 11 is 0. The molecule has 1 heterocycles. The lowest BCUT2D eigenvalue weighted by Crippen LogP contribution is -2.29. The van der Waals surface area contributed by atoms with Crippen LogP contribution in [0.4, 0.5) is 17.1 Å². The molecule has 0 saturated carbocycles. The summed E-state index contributed by atoms with van der Waals surface area (Å²) < 4.78 is 2.50. The van der Waals surface area contributed by atoms with E-state index in [0.717, 1.165) is 37.9 Å². The minimum absolute atomic E-state index is 0.112. The Morgan fingerprint density at radius 2 is 1.52 bits per heavy atom. The van der Waals surface area contributed by atoms with E-state index in [-0.39, 0.29) is 5.41 Å². The SMILES string of the molecule is CCn1c2ccc(CC[C@H](C3=C4C=Cc5cccc6c5C(=C(C=C3)CC6C)C4)C3(C)C=CCCC3)cc2c2cc(N(c3ccccc3)c3cccc4ccccc34)ccc21. The number of fused-ring (bicyclic) bond motifs is 5. The van der Waals surface area contributed by atoms with Crippen molar-refractivity contribution in [2.24, 2.45) is 11.3 Å². The summed E-state index contributed by atoms with van der Waals surface area (Å²) in [6.45, 7) is 8.17. The number of nitrogens with zero attached hydrogens (tertiary/aromatic N) is 2. The van der Waals surface area contributed by atoms with Gasteiger partial charge in [0.05, 0.1) is 5.69 Å². The van der Waals surface area contributed by atoms with Crippen LogP contribution in [0, 0.1) is 11.3 Å². The van der Waals surface area contributed by atoms with E-state index in [2.05, 4.69) is 194 Å². The molecule has 2 bridgehead atoms. The molecule has 0 saturated heterocycles. The molecule has 6 aromatic carbocycles. The molecule has 1 aromatic heterocycles. The molecule has 0 N–H and O–H groups in total. The average molecular weight is 779 g/mol. The summed E-state index contributed by atoms with van der Waals surface area (Å²) in [5.41, 5.74) is 18.3. The molecule has 0 aliphatic heterocycles. The molecular weight excluding hydrogens is 725 g/mol. The van der Waals surface area contributed by atoms with Crippen LogP contribution in [0.25, 0.3) is 44.2 Å². The summed E-state index contributed by atoms with van der Waals surface area (Å²) in [5.74, 6) is 0.961. The maximum absolute atomic E-state index is 2.59. The van der Waals surface area contributed by atoms with Gasteiger partial charge in [-0.25, -0.2) is 0 Å². The second-order valence-corrected chi connectivity index (χ2v) is 18.1. The largest absolute Gasteiger partial charge is 0.341 e. The van der Waals surface area contributed by atoms with Crippen molar-refractivity contribution < 1.29 is 0 Å². The predicted octanol–water partition coefficient (Wildman–Crippen LogP) is 16.0. The zero-order valence-corrected chi connectivity index (χ0v) is 35.3. The quantitative estimate of drug-likeness (QED) is 0.133. The lowest BCUT2D eigenvalue weighted by atomic mass is 9.65. The first-order chi connectivity index (χ1) is 29.5. The fourth-order valence-corrected chi connectivity index (χ4v) is 11.5. The Morgan fingerprint density at radius 1 is 0.733 bits per heavy atom. The molecule has 60 heavy (non-hydrogen) atoms. The third-order valence-electron chi connectivity index (χ3n) is 14.5. The summed E-state index contributed by atoms with van der Waals surface area (Å²) in [6.07, 6.45) is 23.0. The van der Waals surface area contributed by atoms with Gasteiger partial charge < -0.3 is 9.47 Å². The molecule has 0 radical (unpaired) electrons. The van der Waals surface area contributed by atoms with Gasteiger partial charge >= 0.3 is 0 Å². The van der Waals surface area contributed by atoms with Gasteiger partial charge in [-0.3, -0.25) is 0 Å². The number of anilines is 3. The molecule has 7 aromatic rings. The molecule has 2 unspecified atom stereocenters. The summed E-state index contributed by atoms with van der Waals surface area (Å²) in [4.78, 5) is 2.44. The predicted molar refractivity (Wildman–Crippen MR) is 256 cm³/mol. The number of aryl methyl sites for hydroxylation is 2. The highest BCUT2D eigenvalue weighted by atomic mass is 15.1.